The maximum Gasteiger partial charge on any atom is 0.412 e. The van der Waals surface area contributed by atoms with E-state index in [2.05, 4.69) is 23.5 Å². The van der Waals surface area contributed by atoms with Gasteiger partial charge in [-0.2, -0.15) is 13.2 Å². The van der Waals surface area contributed by atoms with Crippen LogP contribution < -0.4 is 0 Å². The number of hydrogen-bond donors (Lipinski definition) is 0. The van der Waals surface area contributed by atoms with Crippen molar-refractivity contribution in [3.05, 3.63) is 83.3 Å². The Labute approximate surface area is 188 Å². The van der Waals surface area contributed by atoms with E-state index in [0.29, 0.717) is 17.2 Å². The number of allylic oxidation sites excluding steroid dienone is 7. The Morgan fingerprint density at radius 2 is 1.94 bits per heavy atom. The van der Waals surface area contributed by atoms with Crippen LogP contribution in [0, 0.1) is 0 Å². The number of hydrogen-bond acceptors (Lipinski definition) is 2. The lowest BCUT2D eigenvalue weighted by molar-refractivity contribution is -0.0903. The first-order valence-corrected chi connectivity index (χ1v) is 10.5. The molecule has 2 aromatic heterocycles. The molecule has 0 atom stereocenters. The Morgan fingerprint density at radius 1 is 1.22 bits per heavy atom. The Bertz CT molecular complexity index is 1070. The van der Waals surface area contributed by atoms with Gasteiger partial charge in [0.05, 0.1) is 17.1 Å². The Kier molecular flexibility index (Phi) is 8.58. The number of imidazole rings is 1. The molecule has 2 aromatic rings. The summed E-state index contributed by atoms with van der Waals surface area (Å²) in [4.78, 5) is 9.00. The van der Waals surface area contributed by atoms with E-state index in [4.69, 9.17) is 0 Å². The second-order valence-electron chi connectivity index (χ2n) is 7.51. The van der Waals surface area contributed by atoms with Gasteiger partial charge in [-0.3, -0.25) is 4.98 Å². The monoisotopic (exact) mass is 441 g/mol. The predicted molar refractivity (Wildman–Crippen MR) is 128 cm³/mol. The topological polar surface area (TPSA) is 30.7 Å². The summed E-state index contributed by atoms with van der Waals surface area (Å²) in [5, 5.41) is 0. The van der Waals surface area contributed by atoms with Crippen LogP contribution in [0.5, 0.6) is 0 Å². The molecule has 0 N–H and O–H groups in total. The lowest BCUT2D eigenvalue weighted by Crippen LogP contribution is -2.08. The minimum Gasteiger partial charge on any atom is -0.327 e. The number of aromatic nitrogens is 3. The number of alkyl halides is 3. The van der Waals surface area contributed by atoms with Crippen molar-refractivity contribution in [2.24, 2.45) is 7.05 Å². The molecule has 0 saturated carbocycles. The van der Waals surface area contributed by atoms with Gasteiger partial charge in [0.15, 0.2) is 0 Å². The van der Waals surface area contributed by atoms with Crippen LogP contribution in [0.15, 0.2) is 60.3 Å². The van der Waals surface area contributed by atoms with Gasteiger partial charge in [-0.25, -0.2) is 4.98 Å². The SMILES string of the molecule is C=C/C(=C\C(CCC)=C(/C)c1nc(/C=C(\C)C(F)(F)F)c(/C=C\C)n1C)c1ccccn1. The van der Waals surface area contributed by atoms with Crippen LogP contribution in [0.2, 0.25) is 0 Å². The first kappa shape index (κ1) is 25.1. The quantitative estimate of drug-likeness (QED) is 0.394. The average molecular weight is 442 g/mol. The van der Waals surface area contributed by atoms with Crippen LogP contribution in [0.1, 0.15) is 63.4 Å². The van der Waals surface area contributed by atoms with Gasteiger partial charge >= 0.3 is 6.18 Å². The third-order valence-electron chi connectivity index (χ3n) is 5.14. The van der Waals surface area contributed by atoms with Crippen LogP contribution >= 0.6 is 0 Å². The minimum atomic E-state index is -4.40. The van der Waals surface area contributed by atoms with E-state index in [9.17, 15) is 13.2 Å². The van der Waals surface area contributed by atoms with Gasteiger partial charge in [0, 0.05) is 18.8 Å². The Balaban J connectivity index is 2.70. The van der Waals surface area contributed by atoms with Gasteiger partial charge in [-0.1, -0.05) is 38.1 Å². The van der Waals surface area contributed by atoms with Crippen molar-refractivity contribution in [3.8, 4) is 0 Å². The molecular weight excluding hydrogens is 411 g/mol. The molecule has 2 rings (SSSR count). The third-order valence-corrected chi connectivity index (χ3v) is 5.14. The highest BCUT2D eigenvalue weighted by Crippen LogP contribution is 2.31. The number of nitrogens with zero attached hydrogens (tertiary/aromatic N) is 3. The van der Waals surface area contributed by atoms with E-state index in [0.717, 1.165) is 48.3 Å². The fraction of sp³-hybridized carbons (Fsp3) is 0.308. The summed E-state index contributed by atoms with van der Waals surface area (Å²) < 4.78 is 41.2. The molecule has 0 aliphatic heterocycles. The predicted octanol–water partition coefficient (Wildman–Crippen LogP) is 7.66. The molecule has 170 valence electrons. The molecule has 2 heterocycles. The van der Waals surface area contributed by atoms with Crippen LogP contribution in [-0.2, 0) is 7.05 Å². The first-order valence-electron chi connectivity index (χ1n) is 10.5. The van der Waals surface area contributed by atoms with Crippen LogP contribution in [-0.4, -0.2) is 20.7 Å². The summed E-state index contributed by atoms with van der Waals surface area (Å²) >= 11 is 0. The third kappa shape index (κ3) is 5.96. The second kappa shape index (κ2) is 10.9. The van der Waals surface area contributed by atoms with E-state index < -0.39 is 11.7 Å². The molecule has 3 nitrogen and oxygen atoms in total. The van der Waals surface area contributed by atoms with E-state index in [1.807, 2.05) is 49.7 Å². The van der Waals surface area contributed by atoms with Crippen molar-refractivity contribution >= 4 is 23.3 Å². The van der Waals surface area contributed by atoms with Crippen molar-refractivity contribution in [2.45, 2.75) is 46.7 Å². The number of halogens is 3. The molecule has 0 unspecified atom stereocenters. The second-order valence-corrected chi connectivity index (χ2v) is 7.51. The van der Waals surface area contributed by atoms with Crippen LogP contribution in [0.4, 0.5) is 13.2 Å². The maximum atomic E-state index is 13.1. The zero-order valence-corrected chi connectivity index (χ0v) is 19.3. The van der Waals surface area contributed by atoms with Gasteiger partial charge in [-0.05, 0) is 74.3 Å². The smallest absolute Gasteiger partial charge is 0.327 e. The van der Waals surface area contributed by atoms with Crippen molar-refractivity contribution in [2.75, 3.05) is 0 Å². The van der Waals surface area contributed by atoms with Gasteiger partial charge in [0.25, 0.3) is 0 Å². The fourth-order valence-electron chi connectivity index (χ4n) is 3.36. The van der Waals surface area contributed by atoms with Crippen LogP contribution in [0.3, 0.4) is 0 Å². The molecule has 0 bridgehead atoms. The lowest BCUT2D eigenvalue weighted by Gasteiger charge is -2.11. The molecule has 0 radical (unpaired) electrons. The molecule has 0 aliphatic carbocycles. The van der Waals surface area contributed by atoms with Gasteiger partial charge in [-0.15, -0.1) is 0 Å². The molecule has 0 saturated heterocycles. The van der Waals surface area contributed by atoms with E-state index >= 15 is 0 Å². The largest absolute Gasteiger partial charge is 0.412 e. The minimum absolute atomic E-state index is 0.295. The van der Waals surface area contributed by atoms with Crippen molar-refractivity contribution in [3.63, 3.8) is 0 Å². The normalized spacial score (nSPS) is 14.1. The standard InChI is InChI=1S/C26H30F3N3/c1-7-12-21(17-20(9-3)22-14-10-11-15-30-22)19(5)25-31-23(16-18(4)26(27,28)29)24(13-8-2)32(25)6/h8-11,13-17H,3,7,12H2,1-2,4-6H3/b13-8-,18-16+,20-17+,21-19+. The maximum absolute atomic E-state index is 13.1. The lowest BCUT2D eigenvalue weighted by atomic mass is 9.99. The molecule has 0 aromatic carbocycles. The summed E-state index contributed by atoms with van der Waals surface area (Å²) in [7, 11) is 1.82. The molecule has 0 aliphatic rings. The summed E-state index contributed by atoms with van der Waals surface area (Å²) in [5.41, 5.74) is 3.86. The van der Waals surface area contributed by atoms with E-state index in [1.165, 1.54) is 0 Å². The van der Waals surface area contributed by atoms with Crippen LogP contribution in [0.25, 0.3) is 23.3 Å². The van der Waals surface area contributed by atoms with Gasteiger partial charge < -0.3 is 4.57 Å². The summed E-state index contributed by atoms with van der Waals surface area (Å²) in [6, 6.07) is 5.69. The molecule has 0 amide bonds. The van der Waals surface area contributed by atoms with E-state index in [-0.39, 0.29) is 0 Å². The molecular formula is C26H30F3N3. The summed E-state index contributed by atoms with van der Waals surface area (Å²) in [5.74, 6) is 0.628. The van der Waals surface area contributed by atoms with Crippen molar-refractivity contribution < 1.29 is 13.2 Å². The highest BCUT2D eigenvalue weighted by Gasteiger charge is 2.30. The zero-order chi connectivity index (χ0) is 23.9. The first-order chi connectivity index (χ1) is 15.1. The highest BCUT2D eigenvalue weighted by molar-refractivity contribution is 5.78. The number of pyridine rings is 1. The molecule has 6 heteroatoms. The Hall–Kier alpha value is -3.15. The van der Waals surface area contributed by atoms with Gasteiger partial charge in [0.1, 0.15) is 5.82 Å². The average Bonchev–Trinajstić information content (AvgIpc) is 3.06. The summed E-state index contributed by atoms with van der Waals surface area (Å²) in [6.45, 7) is 10.8. The Morgan fingerprint density at radius 3 is 2.47 bits per heavy atom. The fourth-order valence-corrected chi connectivity index (χ4v) is 3.36. The highest BCUT2D eigenvalue weighted by atomic mass is 19.4. The van der Waals surface area contributed by atoms with Crippen molar-refractivity contribution in [1.82, 2.24) is 14.5 Å². The van der Waals surface area contributed by atoms with Crippen molar-refractivity contribution in [1.29, 1.82) is 0 Å². The van der Waals surface area contributed by atoms with Gasteiger partial charge in [0.2, 0.25) is 0 Å². The number of rotatable bonds is 8. The summed E-state index contributed by atoms with van der Waals surface area (Å²) in [6.07, 6.45) is 7.49. The molecule has 32 heavy (non-hydrogen) atoms. The molecule has 0 fully saturated rings. The molecule has 0 spiro atoms. The zero-order valence-electron chi connectivity index (χ0n) is 19.3. The van der Waals surface area contributed by atoms with E-state index in [1.54, 1.807) is 24.4 Å².